The Kier molecular flexibility index (Phi) is 3.99. The Labute approximate surface area is 157 Å². The number of nitrogens with zero attached hydrogens (tertiary/aromatic N) is 3. The minimum atomic E-state index is -0.851. The highest BCUT2D eigenvalue weighted by Crippen LogP contribution is 2.36. The lowest BCUT2D eigenvalue weighted by atomic mass is 9.96. The molecule has 2 aromatic heterocycles. The van der Waals surface area contributed by atoms with Crippen molar-refractivity contribution < 1.29 is 9.53 Å². The lowest BCUT2D eigenvalue weighted by Crippen LogP contribution is -2.36. The number of H-pyrrole nitrogens is 1. The van der Waals surface area contributed by atoms with Crippen molar-refractivity contribution in [3.8, 4) is 5.75 Å². The smallest absolute Gasteiger partial charge is 0.330 e. The van der Waals surface area contributed by atoms with Gasteiger partial charge in [-0.3, -0.25) is 19.8 Å². The van der Waals surface area contributed by atoms with E-state index >= 15 is 0 Å². The third-order valence-electron chi connectivity index (χ3n) is 4.82. The van der Waals surface area contributed by atoms with Crippen LogP contribution in [0, 0.1) is 5.41 Å². The number of primary amides is 1. The number of rotatable bonds is 4. The Morgan fingerprint density at radius 1 is 1.36 bits per heavy atom. The number of amides is 1. The molecule has 28 heavy (non-hydrogen) atoms. The second kappa shape index (κ2) is 6.37. The Hall–Kier alpha value is -3.89. The normalized spacial score (nSPS) is 15.4. The van der Waals surface area contributed by atoms with E-state index < -0.39 is 17.3 Å². The van der Waals surface area contributed by atoms with Gasteiger partial charge in [-0.2, -0.15) is 0 Å². The average molecular weight is 383 g/mol. The van der Waals surface area contributed by atoms with Crippen molar-refractivity contribution in [1.29, 1.82) is 5.41 Å². The van der Waals surface area contributed by atoms with Gasteiger partial charge in [-0.25, -0.2) is 19.1 Å². The largest absolute Gasteiger partial charge is 0.493 e. The number of ether oxygens (including phenoxy) is 1. The summed E-state index contributed by atoms with van der Waals surface area (Å²) in [5.41, 5.74) is 10.9. The van der Waals surface area contributed by atoms with Crippen molar-refractivity contribution in [2.45, 2.75) is 18.9 Å². The number of nitrogens with one attached hydrogen (secondary N) is 2. The Balaban J connectivity index is 1.64. The van der Waals surface area contributed by atoms with Gasteiger partial charge in [0.2, 0.25) is 0 Å². The molecule has 11 nitrogen and oxygen atoms in total. The van der Waals surface area contributed by atoms with Gasteiger partial charge in [-0.15, -0.1) is 0 Å². The third kappa shape index (κ3) is 2.73. The summed E-state index contributed by atoms with van der Waals surface area (Å²) in [6.07, 6.45) is 1.55. The highest BCUT2D eigenvalue weighted by molar-refractivity contribution is 5.95. The molecule has 1 unspecified atom stereocenters. The lowest BCUT2D eigenvalue weighted by molar-refractivity contribution is 0.251. The summed E-state index contributed by atoms with van der Waals surface area (Å²) in [5, 5.41) is 7.57. The van der Waals surface area contributed by atoms with Gasteiger partial charge in [0.05, 0.1) is 6.61 Å². The molecule has 3 heterocycles. The summed E-state index contributed by atoms with van der Waals surface area (Å²) in [4.78, 5) is 42.7. The predicted octanol–water partition coefficient (Wildman–Crippen LogP) is -0.337. The molecule has 0 fully saturated rings. The molecular weight excluding hydrogens is 366 g/mol. The van der Waals surface area contributed by atoms with Crippen molar-refractivity contribution in [1.82, 2.24) is 19.1 Å². The Bertz CT molecular complexity index is 1240. The fourth-order valence-corrected chi connectivity index (χ4v) is 3.35. The van der Waals surface area contributed by atoms with Crippen molar-refractivity contribution in [3.05, 3.63) is 56.5 Å². The van der Waals surface area contributed by atoms with Gasteiger partial charge >= 0.3 is 11.7 Å². The van der Waals surface area contributed by atoms with E-state index in [-0.39, 0.29) is 29.5 Å². The molecule has 1 amide bonds. The molecule has 0 aliphatic carbocycles. The quantitative estimate of drug-likeness (QED) is 0.354. The number of nitrogens with two attached hydrogens (primary N) is 2. The van der Waals surface area contributed by atoms with Crippen LogP contribution in [-0.4, -0.2) is 37.6 Å². The average Bonchev–Trinajstić information content (AvgIpc) is 3.25. The monoisotopic (exact) mass is 383 g/mol. The minimum Gasteiger partial charge on any atom is -0.493 e. The van der Waals surface area contributed by atoms with Gasteiger partial charge < -0.3 is 16.2 Å². The van der Waals surface area contributed by atoms with Gasteiger partial charge in [-0.1, -0.05) is 0 Å². The van der Waals surface area contributed by atoms with E-state index in [1.807, 2.05) is 0 Å². The maximum absolute atomic E-state index is 12.6. The van der Waals surface area contributed by atoms with E-state index in [0.717, 1.165) is 21.0 Å². The number of fused-ring (bicyclic) bond motifs is 2. The zero-order chi connectivity index (χ0) is 20.0. The molecule has 11 heteroatoms. The van der Waals surface area contributed by atoms with Crippen LogP contribution >= 0.6 is 0 Å². The van der Waals surface area contributed by atoms with Crippen LogP contribution in [-0.2, 0) is 6.54 Å². The first-order chi connectivity index (χ1) is 13.4. The number of hydrogen-bond donors (Lipinski definition) is 4. The SMILES string of the molecule is N=C(N)c1ccc2c(c1)C(CCn1c(=O)[nH]c3c(ncn3C(N)=O)c1=O)CO2. The van der Waals surface area contributed by atoms with Crippen LogP contribution in [0.5, 0.6) is 5.75 Å². The van der Waals surface area contributed by atoms with E-state index in [4.69, 9.17) is 21.6 Å². The van der Waals surface area contributed by atoms with Crippen molar-refractivity contribution >= 4 is 23.0 Å². The first-order valence-corrected chi connectivity index (χ1v) is 8.48. The summed E-state index contributed by atoms with van der Waals surface area (Å²) in [6, 6.07) is 4.41. The van der Waals surface area contributed by atoms with E-state index in [2.05, 4.69) is 9.97 Å². The second-order valence-corrected chi connectivity index (χ2v) is 6.50. The fourth-order valence-electron chi connectivity index (χ4n) is 3.35. The van der Waals surface area contributed by atoms with Crippen molar-refractivity contribution in [2.75, 3.05) is 6.61 Å². The lowest BCUT2D eigenvalue weighted by Gasteiger charge is -2.11. The van der Waals surface area contributed by atoms with Crippen LogP contribution in [0.25, 0.3) is 11.2 Å². The number of aromatic nitrogens is 4. The van der Waals surface area contributed by atoms with Crippen LogP contribution in [0.1, 0.15) is 23.5 Å². The van der Waals surface area contributed by atoms with Gasteiger partial charge in [-0.05, 0) is 24.6 Å². The molecule has 0 bridgehead atoms. The second-order valence-electron chi connectivity index (χ2n) is 6.50. The van der Waals surface area contributed by atoms with Crippen LogP contribution in [0.15, 0.2) is 34.1 Å². The molecule has 6 N–H and O–H groups in total. The molecule has 144 valence electrons. The minimum absolute atomic E-state index is 0.0283. The standard InChI is InChI=1S/C17H17N7O4/c18-13(19)8-1-2-11-10(5-8)9(6-28-11)3-4-23-15(25)12-14(22-17(23)27)24(7-21-12)16(20)26/h1-2,5,7,9H,3-4,6H2,(H3,18,19)(H2,20,26)(H,22,27). The fraction of sp³-hybridized carbons (Fsp3) is 0.235. The molecule has 0 saturated carbocycles. The van der Waals surface area contributed by atoms with Crippen molar-refractivity contribution in [2.24, 2.45) is 11.5 Å². The van der Waals surface area contributed by atoms with Crippen LogP contribution in [0.2, 0.25) is 0 Å². The molecule has 0 spiro atoms. The summed E-state index contributed by atoms with van der Waals surface area (Å²) >= 11 is 0. The third-order valence-corrected chi connectivity index (χ3v) is 4.82. The number of nitrogen functional groups attached to an aromatic ring is 1. The van der Waals surface area contributed by atoms with E-state index in [0.29, 0.717) is 24.3 Å². The molecule has 1 aliphatic rings. The molecule has 1 atom stereocenters. The maximum atomic E-state index is 12.6. The van der Waals surface area contributed by atoms with Crippen LogP contribution < -0.4 is 27.5 Å². The first-order valence-electron chi connectivity index (χ1n) is 8.48. The van der Waals surface area contributed by atoms with E-state index in [1.54, 1.807) is 18.2 Å². The zero-order valence-corrected chi connectivity index (χ0v) is 14.6. The number of hydrogen-bond acceptors (Lipinski definition) is 6. The molecule has 0 saturated heterocycles. The summed E-state index contributed by atoms with van der Waals surface area (Å²) in [7, 11) is 0. The van der Waals surface area contributed by atoms with Gasteiger partial charge in [0.25, 0.3) is 5.56 Å². The van der Waals surface area contributed by atoms with Crippen molar-refractivity contribution in [3.63, 3.8) is 0 Å². The molecular formula is C17H17N7O4. The number of benzene rings is 1. The number of carbonyl (C=O) groups is 1. The highest BCUT2D eigenvalue weighted by Gasteiger charge is 2.25. The summed E-state index contributed by atoms with van der Waals surface area (Å²) in [6.45, 7) is 0.535. The maximum Gasteiger partial charge on any atom is 0.330 e. The Morgan fingerprint density at radius 3 is 2.86 bits per heavy atom. The summed E-state index contributed by atoms with van der Waals surface area (Å²) in [5.74, 6) is 0.600. The van der Waals surface area contributed by atoms with Crippen LogP contribution in [0.3, 0.4) is 0 Å². The zero-order valence-electron chi connectivity index (χ0n) is 14.6. The van der Waals surface area contributed by atoms with E-state index in [1.165, 1.54) is 0 Å². The number of imidazole rings is 1. The molecule has 1 aliphatic heterocycles. The molecule has 3 aromatic rings. The van der Waals surface area contributed by atoms with Crippen LogP contribution in [0.4, 0.5) is 4.79 Å². The topological polar surface area (TPSA) is 175 Å². The Morgan fingerprint density at radius 2 is 2.14 bits per heavy atom. The first kappa shape index (κ1) is 17.5. The van der Waals surface area contributed by atoms with Gasteiger partial charge in [0.15, 0.2) is 11.2 Å². The highest BCUT2D eigenvalue weighted by atomic mass is 16.5. The van der Waals surface area contributed by atoms with E-state index in [9.17, 15) is 14.4 Å². The summed E-state index contributed by atoms with van der Waals surface area (Å²) < 4.78 is 7.59. The predicted molar refractivity (Wildman–Crippen MR) is 99.9 cm³/mol. The number of aromatic amines is 1. The van der Waals surface area contributed by atoms with Gasteiger partial charge in [0, 0.05) is 23.6 Å². The van der Waals surface area contributed by atoms with Gasteiger partial charge in [0.1, 0.15) is 17.9 Å². The molecule has 0 radical (unpaired) electrons. The molecule has 1 aromatic carbocycles. The number of amidine groups is 1. The number of carbonyl (C=O) groups excluding carboxylic acids is 1. The molecule has 4 rings (SSSR count).